The van der Waals surface area contributed by atoms with Gasteiger partial charge in [-0.2, -0.15) is 0 Å². The number of amides is 2. The molecule has 1 aliphatic heterocycles. The first-order valence-electron chi connectivity index (χ1n) is 9.44. The van der Waals surface area contributed by atoms with E-state index in [9.17, 15) is 9.59 Å². The largest absolute Gasteiger partial charge is 0.431 e. The summed E-state index contributed by atoms with van der Waals surface area (Å²) >= 11 is 7.43. The first-order chi connectivity index (χ1) is 14.4. The zero-order valence-corrected chi connectivity index (χ0v) is 17.8. The topological polar surface area (TPSA) is 94.8 Å². The first kappa shape index (κ1) is 20.6. The van der Waals surface area contributed by atoms with Gasteiger partial charge in [0.25, 0.3) is 5.19 Å². The Hall–Kier alpha value is -2.68. The third-order valence-corrected chi connectivity index (χ3v) is 6.11. The average Bonchev–Trinajstić information content (AvgIpc) is 3.14. The van der Waals surface area contributed by atoms with Gasteiger partial charge in [-0.3, -0.25) is 9.59 Å². The molecule has 2 aromatic carbocycles. The molecule has 1 saturated heterocycles. The van der Waals surface area contributed by atoms with E-state index in [1.54, 1.807) is 11.0 Å². The molecule has 2 atom stereocenters. The lowest BCUT2D eigenvalue weighted by Crippen LogP contribution is -2.51. The zero-order valence-electron chi connectivity index (χ0n) is 16.2. The van der Waals surface area contributed by atoms with Crippen molar-refractivity contribution in [3.63, 3.8) is 0 Å². The standard InChI is InChI=1S/C21H20ClN3O4S/c1-12(20(27)25-8-9-28-17(11-25)19(23)26)13-2-5-15(6-3-13)29-21-24-16-7-4-14(22)10-18(16)30-21/h2-7,10,12,17H,8-9,11H2,1H3,(H2,23,26). The van der Waals surface area contributed by atoms with Crippen LogP contribution in [0.3, 0.4) is 0 Å². The number of ether oxygens (including phenoxy) is 2. The number of carbonyl (C=O) groups is 2. The lowest BCUT2D eigenvalue weighted by molar-refractivity contribution is -0.146. The van der Waals surface area contributed by atoms with Crippen molar-refractivity contribution in [2.45, 2.75) is 18.9 Å². The number of halogens is 1. The number of fused-ring (bicyclic) bond motifs is 1. The van der Waals surface area contributed by atoms with Crippen LogP contribution >= 0.6 is 22.9 Å². The summed E-state index contributed by atoms with van der Waals surface area (Å²) in [5.74, 6) is -0.362. The Morgan fingerprint density at radius 3 is 2.80 bits per heavy atom. The molecule has 0 bridgehead atoms. The van der Waals surface area contributed by atoms with Crippen LogP contribution in [0, 0.1) is 0 Å². The Kier molecular flexibility index (Phi) is 5.90. The molecule has 2 N–H and O–H groups in total. The summed E-state index contributed by atoms with van der Waals surface area (Å²) in [4.78, 5) is 30.3. The highest BCUT2D eigenvalue weighted by Crippen LogP contribution is 2.33. The number of primary amides is 1. The molecule has 0 aliphatic carbocycles. The lowest BCUT2D eigenvalue weighted by atomic mass is 9.99. The number of rotatable bonds is 5. The highest BCUT2D eigenvalue weighted by molar-refractivity contribution is 7.20. The number of benzene rings is 2. The van der Waals surface area contributed by atoms with Crippen molar-refractivity contribution < 1.29 is 19.1 Å². The lowest BCUT2D eigenvalue weighted by Gasteiger charge is -2.33. The Morgan fingerprint density at radius 2 is 2.07 bits per heavy atom. The molecule has 1 aromatic heterocycles. The van der Waals surface area contributed by atoms with Crippen molar-refractivity contribution in [3.8, 4) is 10.9 Å². The molecule has 2 heterocycles. The van der Waals surface area contributed by atoms with Crippen molar-refractivity contribution in [3.05, 3.63) is 53.1 Å². The van der Waals surface area contributed by atoms with Gasteiger partial charge in [-0.05, 0) is 42.8 Å². The fourth-order valence-corrected chi connectivity index (χ4v) is 4.40. The maximum atomic E-state index is 12.8. The molecule has 1 aliphatic rings. The molecular weight excluding hydrogens is 426 g/mol. The number of carbonyl (C=O) groups excluding carboxylic acids is 2. The van der Waals surface area contributed by atoms with Crippen molar-refractivity contribution in [2.75, 3.05) is 19.7 Å². The molecule has 4 rings (SSSR count). The summed E-state index contributed by atoms with van der Waals surface area (Å²) in [6, 6.07) is 12.8. The second kappa shape index (κ2) is 8.59. The Balaban J connectivity index is 1.43. The SMILES string of the molecule is CC(C(=O)N1CCOC(C(N)=O)C1)c1ccc(Oc2nc3ccc(Cl)cc3s2)cc1. The molecule has 2 amide bonds. The maximum Gasteiger partial charge on any atom is 0.279 e. The summed E-state index contributed by atoms with van der Waals surface area (Å²) in [6.07, 6.45) is -0.755. The molecule has 1 fully saturated rings. The van der Waals surface area contributed by atoms with Crippen LogP contribution in [0.5, 0.6) is 10.9 Å². The van der Waals surface area contributed by atoms with E-state index in [0.717, 1.165) is 15.8 Å². The predicted octanol–water partition coefficient (Wildman–Crippen LogP) is 3.56. The molecule has 2 unspecified atom stereocenters. The van der Waals surface area contributed by atoms with Crippen molar-refractivity contribution in [1.82, 2.24) is 9.88 Å². The van der Waals surface area contributed by atoms with Crippen LogP contribution in [-0.4, -0.2) is 47.5 Å². The number of morpholine rings is 1. The predicted molar refractivity (Wildman–Crippen MR) is 115 cm³/mol. The highest BCUT2D eigenvalue weighted by atomic mass is 35.5. The van der Waals surface area contributed by atoms with Gasteiger partial charge in [-0.25, -0.2) is 4.98 Å². The van der Waals surface area contributed by atoms with Gasteiger partial charge in [0, 0.05) is 11.6 Å². The van der Waals surface area contributed by atoms with E-state index in [2.05, 4.69) is 4.98 Å². The molecular formula is C21H20ClN3O4S. The molecule has 0 radical (unpaired) electrons. The first-order valence-corrected chi connectivity index (χ1v) is 10.6. The summed E-state index contributed by atoms with van der Waals surface area (Å²) in [7, 11) is 0. The van der Waals surface area contributed by atoms with Gasteiger partial charge < -0.3 is 20.1 Å². The van der Waals surface area contributed by atoms with Crippen LogP contribution in [0.2, 0.25) is 5.02 Å². The van der Waals surface area contributed by atoms with Crippen molar-refractivity contribution in [1.29, 1.82) is 0 Å². The summed E-state index contributed by atoms with van der Waals surface area (Å²) in [5.41, 5.74) is 6.98. The van der Waals surface area contributed by atoms with Crippen LogP contribution in [0.1, 0.15) is 18.4 Å². The van der Waals surface area contributed by atoms with Crippen LogP contribution in [0.4, 0.5) is 0 Å². The van der Waals surface area contributed by atoms with E-state index in [1.807, 2.05) is 43.3 Å². The normalized spacial score (nSPS) is 17.7. The molecule has 0 spiro atoms. The third-order valence-electron chi connectivity index (χ3n) is 4.98. The van der Waals surface area contributed by atoms with E-state index in [1.165, 1.54) is 11.3 Å². The number of thiazole rings is 1. The molecule has 156 valence electrons. The van der Waals surface area contributed by atoms with Gasteiger partial charge in [0.05, 0.1) is 29.3 Å². The van der Waals surface area contributed by atoms with Gasteiger partial charge in [-0.1, -0.05) is 35.1 Å². The number of aromatic nitrogens is 1. The summed E-state index contributed by atoms with van der Waals surface area (Å²) < 4.78 is 12.1. The van der Waals surface area contributed by atoms with E-state index in [4.69, 9.17) is 26.8 Å². The highest BCUT2D eigenvalue weighted by Gasteiger charge is 2.30. The van der Waals surface area contributed by atoms with Crippen LogP contribution in [-0.2, 0) is 14.3 Å². The van der Waals surface area contributed by atoms with E-state index < -0.39 is 12.0 Å². The maximum absolute atomic E-state index is 12.8. The monoisotopic (exact) mass is 445 g/mol. The minimum Gasteiger partial charge on any atom is -0.431 e. The molecule has 9 heteroatoms. The Bertz CT molecular complexity index is 1090. The zero-order chi connectivity index (χ0) is 21.3. The Labute approximate surface area is 182 Å². The Morgan fingerprint density at radius 1 is 1.30 bits per heavy atom. The van der Waals surface area contributed by atoms with Gasteiger partial charge >= 0.3 is 0 Å². The van der Waals surface area contributed by atoms with Gasteiger partial charge in [-0.15, -0.1) is 0 Å². The van der Waals surface area contributed by atoms with Crippen LogP contribution < -0.4 is 10.5 Å². The van der Waals surface area contributed by atoms with Gasteiger partial charge in [0.2, 0.25) is 11.8 Å². The van der Waals surface area contributed by atoms with Crippen LogP contribution in [0.15, 0.2) is 42.5 Å². The van der Waals surface area contributed by atoms with E-state index in [0.29, 0.717) is 29.1 Å². The average molecular weight is 446 g/mol. The fourth-order valence-electron chi connectivity index (χ4n) is 3.28. The minimum atomic E-state index is -0.755. The smallest absolute Gasteiger partial charge is 0.279 e. The third kappa shape index (κ3) is 4.40. The minimum absolute atomic E-state index is 0.0683. The number of hydrogen-bond acceptors (Lipinski definition) is 6. The van der Waals surface area contributed by atoms with Gasteiger partial charge in [0.15, 0.2) is 6.10 Å². The fraction of sp³-hybridized carbons (Fsp3) is 0.286. The quantitative estimate of drug-likeness (QED) is 0.647. The molecule has 7 nitrogen and oxygen atoms in total. The second-order valence-corrected chi connectivity index (χ2v) is 8.46. The number of hydrogen-bond donors (Lipinski definition) is 1. The van der Waals surface area contributed by atoms with Crippen LogP contribution in [0.25, 0.3) is 10.2 Å². The summed E-state index contributed by atoms with van der Waals surface area (Å²) in [6.45, 7) is 2.76. The molecule has 30 heavy (non-hydrogen) atoms. The van der Waals surface area contributed by atoms with E-state index >= 15 is 0 Å². The van der Waals surface area contributed by atoms with Crippen molar-refractivity contribution in [2.24, 2.45) is 5.73 Å². The number of nitrogens with zero attached hydrogens (tertiary/aromatic N) is 2. The number of nitrogens with two attached hydrogens (primary N) is 1. The summed E-state index contributed by atoms with van der Waals surface area (Å²) in [5, 5.41) is 1.18. The van der Waals surface area contributed by atoms with Gasteiger partial charge in [0.1, 0.15) is 5.75 Å². The molecule has 3 aromatic rings. The van der Waals surface area contributed by atoms with E-state index in [-0.39, 0.29) is 18.4 Å². The second-order valence-electron chi connectivity index (χ2n) is 7.03. The molecule has 0 saturated carbocycles. The van der Waals surface area contributed by atoms with Crippen molar-refractivity contribution >= 4 is 45.0 Å².